The molecular weight excluding hydrogens is 200 g/mol. The molecule has 1 aromatic rings. The maximum Gasteiger partial charge on any atom is 0.124 e. The Hall–Kier alpha value is -1.22. The third-order valence-electron chi connectivity index (χ3n) is 3.62. The Morgan fingerprint density at radius 3 is 2.88 bits per heavy atom. The van der Waals surface area contributed by atoms with Crippen molar-refractivity contribution < 1.29 is 4.74 Å². The number of rotatable bonds is 1. The van der Waals surface area contributed by atoms with Crippen molar-refractivity contribution in [3.05, 3.63) is 23.8 Å². The van der Waals surface area contributed by atoms with Crippen molar-refractivity contribution >= 4 is 5.69 Å². The van der Waals surface area contributed by atoms with Gasteiger partial charge < -0.3 is 10.5 Å². The summed E-state index contributed by atoms with van der Waals surface area (Å²) in [6.07, 6.45) is 3.75. The van der Waals surface area contributed by atoms with Gasteiger partial charge in [0, 0.05) is 23.7 Å². The lowest BCUT2D eigenvalue weighted by atomic mass is 9.98. The van der Waals surface area contributed by atoms with E-state index in [9.17, 15) is 0 Å². The molecule has 0 radical (unpaired) electrons. The third-order valence-corrected chi connectivity index (χ3v) is 3.62. The van der Waals surface area contributed by atoms with Gasteiger partial charge in [-0.1, -0.05) is 0 Å². The van der Waals surface area contributed by atoms with Crippen LogP contribution in [0.15, 0.2) is 18.2 Å². The Bertz CT molecular complexity index is 386. The zero-order valence-electron chi connectivity index (χ0n) is 9.48. The number of likely N-dealkylation sites (tertiary alicyclic amines) is 1. The highest BCUT2D eigenvalue weighted by atomic mass is 16.5. The number of ether oxygens (including phenoxy) is 1. The highest BCUT2D eigenvalue weighted by Gasteiger charge is 2.28. The largest absolute Gasteiger partial charge is 0.493 e. The van der Waals surface area contributed by atoms with E-state index in [0.717, 1.165) is 24.5 Å². The second-order valence-corrected chi connectivity index (χ2v) is 4.69. The molecule has 1 unspecified atom stereocenters. The molecule has 1 saturated heterocycles. The first kappa shape index (κ1) is 9.97. The maximum absolute atomic E-state index is 5.87. The zero-order chi connectivity index (χ0) is 11.0. The summed E-state index contributed by atoms with van der Waals surface area (Å²) in [5.74, 6) is 1.03. The quantitative estimate of drug-likeness (QED) is 0.734. The van der Waals surface area contributed by atoms with E-state index in [1.54, 1.807) is 0 Å². The minimum absolute atomic E-state index is 0.523. The average molecular weight is 218 g/mol. The monoisotopic (exact) mass is 218 g/mol. The van der Waals surface area contributed by atoms with Crippen LogP contribution in [0.3, 0.4) is 0 Å². The molecule has 3 heteroatoms. The Morgan fingerprint density at radius 2 is 2.06 bits per heavy atom. The number of benzene rings is 1. The molecule has 2 N–H and O–H groups in total. The number of nitrogen functional groups attached to an aromatic ring is 1. The molecule has 0 aliphatic carbocycles. The van der Waals surface area contributed by atoms with Crippen LogP contribution in [0.2, 0.25) is 0 Å². The van der Waals surface area contributed by atoms with Crippen LogP contribution < -0.4 is 10.5 Å². The normalized spacial score (nSPS) is 25.1. The van der Waals surface area contributed by atoms with Crippen molar-refractivity contribution in [1.29, 1.82) is 0 Å². The van der Waals surface area contributed by atoms with Crippen LogP contribution in [0.1, 0.15) is 30.9 Å². The highest BCUT2D eigenvalue weighted by molar-refractivity contribution is 5.50. The smallest absolute Gasteiger partial charge is 0.124 e. The molecular formula is C13H18N2O. The molecule has 0 amide bonds. The van der Waals surface area contributed by atoms with E-state index in [0.29, 0.717) is 6.04 Å². The fraction of sp³-hybridized carbons (Fsp3) is 0.538. The number of nitrogens with two attached hydrogens (primary N) is 1. The predicted octanol–water partition coefficient (Wildman–Crippen LogP) is 2.19. The molecule has 1 fully saturated rings. The first-order chi connectivity index (χ1) is 7.84. The number of anilines is 1. The topological polar surface area (TPSA) is 38.5 Å². The summed E-state index contributed by atoms with van der Waals surface area (Å²) in [6.45, 7) is 3.27. The van der Waals surface area contributed by atoms with Gasteiger partial charge in [0.05, 0.1) is 6.61 Å². The summed E-state index contributed by atoms with van der Waals surface area (Å²) in [7, 11) is 0. The molecule has 2 aliphatic heterocycles. The van der Waals surface area contributed by atoms with Gasteiger partial charge in [-0.3, -0.25) is 4.90 Å². The Kier molecular flexibility index (Phi) is 2.48. The van der Waals surface area contributed by atoms with E-state index in [1.165, 1.54) is 31.5 Å². The molecule has 86 valence electrons. The van der Waals surface area contributed by atoms with Gasteiger partial charge in [-0.05, 0) is 44.1 Å². The first-order valence-electron chi connectivity index (χ1n) is 6.11. The third kappa shape index (κ3) is 1.65. The number of fused-ring (bicyclic) bond motifs is 1. The lowest BCUT2D eigenvalue weighted by Crippen LogP contribution is -2.30. The zero-order valence-corrected chi connectivity index (χ0v) is 9.48. The average Bonchev–Trinajstić information content (AvgIpc) is 2.81. The van der Waals surface area contributed by atoms with Gasteiger partial charge in [0.25, 0.3) is 0 Å². The van der Waals surface area contributed by atoms with Crippen molar-refractivity contribution in [2.24, 2.45) is 0 Å². The van der Waals surface area contributed by atoms with Crippen LogP contribution in [0.4, 0.5) is 5.69 Å². The predicted molar refractivity (Wildman–Crippen MR) is 64.5 cm³/mol. The SMILES string of the molecule is Nc1ccc2c(c1)C(N1CCCC1)CCO2. The van der Waals surface area contributed by atoms with Crippen LogP contribution in [0, 0.1) is 0 Å². The van der Waals surface area contributed by atoms with Crippen LogP contribution in [0.5, 0.6) is 5.75 Å². The molecule has 0 bridgehead atoms. The van der Waals surface area contributed by atoms with E-state index in [4.69, 9.17) is 10.5 Å². The van der Waals surface area contributed by atoms with E-state index < -0.39 is 0 Å². The molecule has 1 aromatic carbocycles. The van der Waals surface area contributed by atoms with Gasteiger partial charge in [-0.15, -0.1) is 0 Å². The van der Waals surface area contributed by atoms with Crippen molar-refractivity contribution in [1.82, 2.24) is 4.90 Å². The Balaban J connectivity index is 1.94. The Labute approximate surface area is 96.2 Å². The van der Waals surface area contributed by atoms with Crippen molar-refractivity contribution in [2.45, 2.75) is 25.3 Å². The number of hydrogen-bond donors (Lipinski definition) is 1. The van der Waals surface area contributed by atoms with Crippen molar-refractivity contribution in [3.63, 3.8) is 0 Å². The molecule has 2 heterocycles. The standard InChI is InChI=1S/C13H18N2O/c14-10-3-4-13-11(9-10)12(5-8-16-13)15-6-1-2-7-15/h3-4,9,12H,1-2,5-8,14H2. The molecule has 16 heavy (non-hydrogen) atoms. The van der Waals surface area contributed by atoms with E-state index >= 15 is 0 Å². The molecule has 3 rings (SSSR count). The summed E-state index contributed by atoms with van der Waals surface area (Å²) in [6, 6.07) is 6.53. The fourth-order valence-electron chi connectivity index (χ4n) is 2.83. The van der Waals surface area contributed by atoms with E-state index in [2.05, 4.69) is 11.0 Å². The molecule has 2 aliphatic rings. The van der Waals surface area contributed by atoms with Crippen LogP contribution in [-0.2, 0) is 0 Å². The van der Waals surface area contributed by atoms with Gasteiger partial charge in [-0.25, -0.2) is 0 Å². The molecule has 3 nitrogen and oxygen atoms in total. The molecule has 0 aromatic heterocycles. The maximum atomic E-state index is 5.87. The van der Waals surface area contributed by atoms with Crippen LogP contribution in [-0.4, -0.2) is 24.6 Å². The van der Waals surface area contributed by atoms with Gasteiger partial charge in [0.15, 0.2) is 0 Å². The first-order valence-corrected chi connectivity index (χ1v) is 6.11. The second-order valence-electron chi connectivity index (χ2n) is 4.69. The van der Waals surface area contributed by atoms with Gasteiger partial charge >= 0.3 is 0 Å². The van der Waals surface area contributed by atoms with Gasteiger partial charge in [0.1, 0.15) is 5.75 Å². The summed E-state index contributed by atoms with van der Waals surface area (Å²) < 4.78 is 5.69. The minimum Gasteiger partial charge on any atom is -0.493 e. The van der Waals surface area contributed by atoms with Crippen LogP contribution in [0.25, 0.3) is 0 Å². The molecule has 0 saturated carbocycles. The van der Waals surface area contributed by atoms with Gasteiger partial charge in [0.2, 0.25) is 0 Å². The van der Waals surface area contributed by atoms with Crippen molar-refractivity contribution in [3.8, 4) is 5.75 Å². The molecule has 0 spiro atoms. The summed E-state index contributed by atoms with van der Waals surface area (Å²) in [4.78, 5) is 2.57. The summed E-state index contributed by atoms with van der Waals surface area (Å²) >= 11 is 0. The fourth-order valence-corrected chi connectivity index (χ4v) is 2.83. The lowest BCUT2D eigenvalue weighted by Gasteiger charge is -2.33. The van der Waals surface area contributed by atoms with Crippen LogP contribution >= 0.6 is 0 Å². The molecule has 1 atom stereocenters. The van der Waals surface area contributed by atoms with E-state index in [-0.39, 0.29) is 0 Å². The number of nitrogens with zero attached hydrogens (tertiary/aromatic N) is 1. The second kappa shape index (κ2) is 3.98. The minimum atomic E-state index is 0.523. The lowest BCUT2D eigenvalue weighted by molar-refractivity contribution is 0.166. The van der Waals surface area contributed by atoms with E-state index in [1.807, 2.05) is 12.1 Å². The highest BCUT2D eigenvalue weighted by Crippen LogP contribution is 2.38. The van der Waals surface area contributed by atoms with Crippen molar-refractivity contribution in [2.75, 3.05) is 25.4 Å². The Morgan fingerprint density at radius 1 is 1.25 bits per heavy atom. The summed E-state index contributed by atoms with van der Waals surface area (Å²) in [5, 5.41) is 0. The van der Waals surface area contributed by atoms with Gasteiger partial charge in [-0.2, -0.15) is 0 Å². The number of hydrogen-bond acceptors (Lipinski definition) is 3. The summed E-state index contributed by atoms with van der Waals surface area (Å²) in [5.41, 5.74) is 8.00.